The highest BCUT2D eigenvalue weighted by atomic mass is 16.3. The van der Waals surface area contributed by atoms with Crippen LogP contribution in [0.5, 0.6) is 0 Å². The van der Waals surface area contributed by atoms with Crippen LogP contribution >= 0.6 is 0 Å². The first kappa shape index (κ1) is 46.9. The molecule has 76 heavy (non-hydrogen) atoms. The number of furan rings is 1. The van der Waals surface area contributed by atoms with E-state index in [-0.39, 0.29) is 16.7 Å². The molecule has 1 aliphatic rings. The minimum atomic E-state index is -0.105. The number of benzene rings is 9. The third kappa shape index (κ3) is 8.54. The lowest BCUT2D eigenvalue weighted by Crippen LogP contribution is -2.17. The predicted molar refractivity (Wildman–Crippen MR) is 319 cm³/mol. The Morgan fingerprint density at radius 1 is 0.408 bits per heavy atom. The molecular weight excluding hydrogens is 923 g/mol. The van der Waals surface area contributed by atoms with Crippen molar-refractivity contribution < 1.29 is 4.42 Å². The predicted octanol–water partition coefficient (Wildman–Crippen LogP) is 19.4. The maximum absolute atomic E-state index is 6.46. The van der Waals surface area contributed by atoms with Gasteiger partial charge in [-0.25, -0.2) is 9.97 Å². The molecule has 0 amide bonds. The normalized spacial score (nSPS) is 14.3. The average Bonchev–Trinajstić information content (AvgIpc) is 4.00. The smallest absolute Gasteiger partial charge is 0.156 e. The molecule has 3 heterocycles. The standard InChI is InChI=1S/C72H59N3O/c1-71(2,3)55-33-26-48(27-34-55)59-42-54(70-73-63(50-22-14-9-15-23-50)45-64(74-70)53-30-37-58-57-24-16-17-25-67(57)76-68(58)44-53)43-60(49-28-35-56(36-29-49)72(4,5)6)69(59)75-65-38-31-51(46-18-10-7-11-19-46)40-61(65)62-41-52(32-39-66(62)75)47-20-12-8-13-21-47/h7-42,44-45,60H,43H2,1-6H3. The van der Waals surface area contributed by atoms with E-state index < -0.39 is 0 Å². The Balaban J connectivity index is 1.10. The molecule has 1 unspecified atom stereocenters. The summed E-state index contributed by atoms with van der Waals surface area (Å²) in [5.41, 5.74) is 20.9. The average molecular weight is 982 g/mol. The van der Waals surface area contributed by atoms with Crippen molar-refractivity contribution in [2.24, 2.45) is 0 Å². The number of nitrogens with zero attached hydrogens (tertiary/aromatic N) is 3. The Bertz CT molecular complexity index is 4120. The fraction of sp³-hybridized carbons (Fsp3) is 0.139. The van der Waals surface area contributed by atoms with Gasteiger partial charge in [0.1, 0.15) is 11.2 Å². The van der Waals surface area contributed by atoms with E-state index >= 15 is 0 Å². The molecule has 0 saturated heterocycles. The van der Waals surface area contributed by atoms with E-state index in [9.17, 15) is 0 Å². The highest BCUT2D eigenvalue weighted by Gasteiger charge is 2.33. The Hall–Kier alpha value is -8.86. The minimum absolute atomic E-state index is 0.0119. The molecular formula is C72H59N3O. The summed E-state index contributed by atoms with van der Waals surface area (Å²) in [5, 5.41) is 4.62. The third-order valence-corrected chi connectivity index (χ3v) is 15.6. The summed E-state index contributed by atoms with van der Waals surface area (Å²) in [5.74, 6) is 0.606. The molecule has 0 saturated carbocycles. The van der Waals surface area contributed by atoms with Gasteiger partial charge in [-0.1, -0.05) is 217 Å². The summed E-state index contributed by atoms with van der Waals surface area (Å²) in [6, 6.07) is 81.7. The monoisotopic (exact) mass is 981 g/mol. The van der Waals surface area contributed by atoms with Crippen LogP contribution in [0.3, 0.4) is 0 Å². The van der Waals surface area contributed by atoms with Gasteiger partial charge in [0.15, 0.2) is 5.82 Å². The molecule has 4 nitrogen and oxygen atoms in total. The van der Waals surface area contributed by atoms with Gasteiger partial charge in [-0.05, 0) is 122 Å². The molecule has 368 valence electrons. The highest BCUT2D eigenvalue weighted by molar-refractivity contribution is 6.15. The van der Waals surface area contributed by atoms with Crippen LogP contribution in [-0.4, -0.2) is 14.5 Å². The second-order valence-corrected chi connectivity index (χ2v) is 22.6. The molecule has 0 radical (unpaired) electrons. The SMILES string of the molecule is CC(C)(C)c1ccc(C2=C(n3c4ccc(-c5ccccc5)cc4c4cc(-c5ccccc5)ccc43)C(c3ccc(C(C)(C)C)cc3)CC(c3nc(-c4ccccc4)cc(-c4ccc5c(c4)oc4ccccc45)n3)=C2)cc1. The lowest BCUT2D eigenvalue weighted by Gasteiger charge is -2.32. The van der Waals surface area contributed by atoms with Crippen molar-refractivity contribution in [2.45, 2.75) is 64.7 Å². The van der Waals surface area contributed by atoms with Crippen molar-refractivity contribution in [3.8, 4) is 44.8 Å². The molecule has 9 aromatic carbocycles. The Kier molecular flexibility index (Phi) is 11.4. The number of fused-ring (bicyclic) bond motifs is 6. The third-order valence-electron chi connectivity index (χ3n) is 15.6. The quantitative estimate of drug-likeness (QED) is 0.152. The minimum Gasteiger partial charge on any atom is -0.456 e. The van der Waals surface area contributed by atoms with Gasteiger partial charge in [-0.2, -0.15) is 0 Å². The number of rotatable bonds is 8. The second-order valence-electron chi connectivity index (χ2n) is 22.6. The Labute approximate surface area is 445 Å². The maximum Gasteiger partial charge on any atom is 0.156 e. The lowest BCUT2D eigenvalue weighted by atomic mass is 9.78. The van der Waals surface area contributed by atoms with E-state index in [4.69, 9.17) is 14.4 Å². The van der Waals surface area contributed by atoms with Crippen LogP contribution in [-0.2, 0) is 10.8 Å². The van der Waals surface area contributed by atoms with Crippen molar-refractivity contribution in [3.63, 3.8) is 0 Å². The number of hydrogen-bond acceptors (Lipinski definition) is 3. The van der Waals surface area contributed by atoms with Gasteiger partial charge >= 0.3 is 0 Å². The van der Waals surface area contributed by atoms with Gasteiger partial charge in [0.05, 0.1) is 22.4 Å². The zero-order chi connectivity index (χ0) is 51.7. The van der Waals surface area contributed by atoms with E-state index in [1.165, 1.54) is 55.4 Å². The fourth-order valence-electron chi connectivity index (χ4n) is 11.4. The maximum atomic E-state index is 6.46. The molecule has 4 heteroatoms. The van der Waals surface area contributed by atoms with Crippen molar-refractivity contribution in [2.75, 3.05) is 0 Å². The van der Waals surface area contributed by atoms with Gasteiger partial charge < -0.3 is 8.98 Å². The fourth-order valence-corrected chi connectivity index (χ4v) is 11.4. The molecule has 0 fully saturated rings. The van der Waals surface area contributed by atoms with Gasteiger partial charge in [-0.3, -0.25) is 0 Å². The number of aromatic nitrogens is 3. The van der Waals surface area contributed by atoms with Crippen molar-refractivity contribution in [3.05, 3.63) is 259 Å². The first-order chi connectivity index (χ1) is 36.9. The largest absolute Gasteiger partial charge is 0.456 e. The summed E-state index contributed by atoms with van der Waals surface area (Å²) in [6.07, 6.45) is 3.07. The summed E-state index contributed by atoms with van der Waals surface area (Å²) >= 11 is 0. The first-order valence-corrected chi connectivity index (χ1v) is 26.6. The Morgan fingerprint density at radius 3 is 1.47 bits per heavy atom. The summed E-state index contributed by atoms with van der Waals surface area (Å²) < 4.78 is 9.05. The van der Waals surface area contributed by atoms with Crippen LogP contribution < -0.4 is 0 Å². The van der Waals surface area contributed by atoms with E-state index in [1.54, 1.807) is 0 Å². The first-order valence-electron chi connectivity index (χ1n) is 26.6. The molecule has 1 atom stereocenters. The summed E-state index contributed by atoms with van der Waals surface area (Å²) in [7, 11) is 0. The van der Waals surface area contributed by atoms with Gasteiger partial charge in [0, 0.05) is 49.9 Å². The molecule has 1 aliphatic carbocycles. The van der Waals surface area contributed by atoms with Crippen LogP contribution in [0.15, 0.2) is 235 Å². The van der Waals surface area contributed by atoms with Crippen LogP contribution in [0.4, 0.5) is 0 Å². The number of hydrogen-bond donors (Lipinski definition) is 0. The van der Waals surface area contributed by atoms with E-state index in [2.05, 4.69) is 265 Å². The van der Waals surface area contributed by atoms with Crippen molar-refractivity contribution >= 4 is 60.6 Å². The molecule has 0 N–H and O–H groups in total. The summed E-state index contributed by atoms with van der Waals surface area (Å²) in [6.45, 7) is 13.7. The molecule has 3 aromatic heterocycles. The van der Waals surface area contributed by atoms with Crippen LogP contribution in [0.2, 0.25) is 0 Å². The van der Waals surface area contributed by atoms with Gasteiger partial charge in [0.2, 0.25) is 0 Å². The molecule has 12 aromatic rings. The molecule has 13 rings (SSSR count). The van der Waals surface area contributed by atoms with Crippen LogP contribution in [0.1, 0.15) is 82.0 Å². The van der Waals surface area contributed by atoms with Crippen molar-refractivity contribution in [1.29, 1.82) is 0 Å². The molecule has 0 aliphatic heterocycles. The van der Waals surface area contributed by atoms with E-state index in [1.807, 2.05) is 12.1 Å². The number of allylic oxidation sites excluding steroid dienone is 4. The van der Waals surface area contributed by atoms with Crippen molar-refractivity contribution in [1.82, 2.24) is 14.5 Å². The molecule has 0 spiro atoms. The second kappa shape index (κ2) is 18.5. The lowest BCUT2D eigenvalue weighted by molar-refractivity contribution is 0.589. The number of para-hydroxylation sites is 1. The van der Waals surface area contributed by atoms with Gasteiger partial charge in [0.25, 0.3) is 0 Å². The zero-order valence-corrected chi connectivity index (χ0v) is 44.0. The highest BCUT2D eigenvalue weighted by Crippen LogP contribution is 2.50. The van der Waals surface area contributed by atoms with Crippen LogP contribution in [0.25, 0.3) is 105 Å². The summed E-state index contributed by atoms with van der Waals surface area (Å²) in [4.78, 5) is 11.1. The van der Waals surface area contributed by atoms with Gasteiger partial charge in [-0.15, -0.1) is 0 Å². The van der Waals surface area contributed by atoms with E-state index in [0.717, 1.165) is 72.2 Å². The molecule has 0 bridgehead atoms. The zero-order valence-electron chi connectivity index (χ0n) is 44.0. The topological polar surface area (TPSA) is 43.9 Å². The Morgan fingerprint density at radius 2 is 0.895 bits per heavy atom. The van der Waals surface area contributed by atoms with E-state index in [0.29, 0.717) is 12.2 Å². The van der Waals surface area contributed by atoms with Crippen LogP contribution in [0, 0.1) is 0 Å².